The van der Waals surface area contributed by atoms with Crippen LogP contribution in [0.25, 0.3) is 11.0 Å². The minimum absolute atomic E-state index is 0.0397. The summed E-state index contributed by atoms with van der Waals surface area (Å²) in [6, 6.07) is 17.6. The number of ether oxygens (including phenoxy) is 3. The van der Waals surface area contributed by atoms with Crippen LogP contribution in [-0.2, 0) is 22.6 Å². The normalized spacial score (nSPS) is 18.1. The summed E-state index contributed by atoms with van der Waals surface area (Å²) < 4.78 is 33.0. The van der Waals surface area contributed by atoms with Crippen molar-refractivity contribution in [2.75, 3.05) is 26.8 Å². The number of hydrogen-bond donors (Lipinski definition) is 0. The highest BCUT2D eigenvalue weighted by Gasteiger charge is 2.30. The van der Waals surface area contributed by atoms with Gasteiger partial charge in [0.05, 0.1) is 54.0 Å². The van der Waals surface area contributed by atoms with E-state index in [9.17, 15) is 9.18 Å². The van der Waals surface area contributed by atoms with Crippen LogP contribution in [0.2, 0.25) is 0 Å². The van der Waals surface area contributed by atoms with Gasteiger partial charge in [-0.1, -0.05) is 12.1 Å². The summed E-state index contributed by atoms with van der Waals surface area (Å²) in [6.07, 6.45) is 3.02. The molecule has 6 rings (SSSR count). The molecule has 0 amide bonds. The molecule has 0 N–H and O–H groups in total. The molecule has 2 unspecified atom stereocenters. The van der Waals surface area contributed by atoms with Crippen molar-refractivity contribution in [3.8, 4) is 11.9 Å². The Kier molecular flexibility index (Phi) is 8.36. The number of benzene rings is 2. The molecule has 0 bridgehead atoms. The quantitative estimate of drug-likeness (QED) is 0.237. The Morgan fingerprint density at radius 3 is 2.65 bits per heavy atom. The van der Waals surface area contributed by atoms with Crippen LogP contribution in [-0.4, -0.2) is 58.3 Å². The minimum Gasteiger partial charge on any atom is -0.473 e. The summed E-state index contributed by atoms with van der Waals surface area (Å²) in [5, 5.41) is 8.95. The van der Waals surface area contributed by atoms with Crippen molar-refractivity contribution in [3.05, 3.63) is 88.6 Å². The lowest BCUT2D eigenvalue weighted by atomic mass is 9.92. The number of methoxy groups -OCH3 is 1. The first-order valence-corrected chi connectivity index (χ1v) is 14.7. The molecule has 0 radical (unpaired) electrons. The second kappa shape index (κ2) is 12.5. The zero-order valence-electron chi connectivity index (χ0n) is 24.3. The van der Waals surface area contributed by atoms with Gasteiger partial charge >= 0.3 is 5.97 Å². The highest BCUT2D eigenvalue weighted by atomic mass is 19.1. The zero-order valence-corrected chi connectivity index (χ0v) is 24.3. The Hall–Kier alpha value is -4.33. The average Bonchev–Trinajstić information content (AvgIpc) is 3.39. The monoisotopic (exact) mass is 583 g/mol. The summed E-state index contributed by atoms with van der Waals surface area (Å²) in [6.45, 7) is 5.46. The van der Waals surface area contributed by atoms with E-state index in [2.05, 4.69) is 16.4 Å². The van der Waals surface area contributed by atoms with Crippen LogP contribution in [0.5, 0.6) is 5.88 Å². The number of nitriles is 1. The lowest BCUT2D eigenvalue weighted by Crippen LogP contribution is -2.37. The minimum atomic E-state index is -0.464. The number of nitrogens with zero attached hydrogens (tertiary/aromatic N) is 5. The lowest BCUT2D eigenvalue weighted by Gasteiger charge is -2.36. The predicted octanol–water partition coefficient (Wildman–Crippen LogP) is 5.54. The molecule has 2 aliphatic heterocycles. The van der Waals surface area contributed by atoms with Gasteiger partial charge in [0.1, 0.15) is 18.2 Å². The van der Waals surface area contributed by atoms with Crippen molar-refractivity contribution in [1.29, 1.82) is 5.26 Å². The molecule has 0 aliphatic carbocycles. The number of likely N-dealkylation sites (tertiary alicyclic amines) is 1. The zero-order chi connectivity index (χ0) is 29.9. The third kappa shape index (κ3) is 6.10. The highest BCUT2D eigenvalue weighted by Crippen LogP contribution is 2.34. The van der Waals surface area contributed by atoms with Crippen LogP contribution < -0.4 is 4.74 Å². The van der Waals surface area contributed by atoms with E-state index in [1.54, 1.807) is 24.3 Å². The molecule has 4 heterocycles. The van der Waals surface area contributed by atoms with E-state index in [-0.39, 0.29) is 36.2 Å². The van der Waals surface area contributed by atoms with Gasteiger partial charge in [0.25, 0.3) is 0 Å². The third-order valence-corrected chi connectivity index (χ3v) is 8.55. The van der Waals surface area contributed by atoms with E-state index < -0.39 is 5.82 Å². The molecular formula is C33H34FN5O4. The maximum atomic E-state index is 14.3. The van der Waals surface area contributed by atoms with Crippen molar-refractivity contribution in [2.45, 2.75) is 57.4 Å². The highest BCUT2D eigenvalue weighted by molar-refractivity contribution is 5.93. The van der Waals surface area contributed by atoms with Gasteiger partial charge in [0, 0.05) is 29.8 Å². The fourth-order valence-electron chi connectivity index (χ4n) is 5.90. The topological polar surface area (TPSA) is 102 Å². The van der Waals surface area contributed by atoms with Gasteiger partial charge in [0.15, 0.2) is 0 Å². The molecular weight excluding hydrogens is 549 g/mol. The average molecular weight is 584 g/mol. The van der Waals surface area contributed by atoms with Gasteiger partial charge in [0.2, 0.25) is 5.88 Å². The van der Waals surface area contributed by atoms with E-state index >= 15 is 0 Å². The fraction of sp³-hybridized carbons (Fsp3) is 0.394. The molecule has 222 valence electrons. The number of esters is 1. The number of hydrogen-bond acceptors (Lipinski definition) is 8. The SMILES string of the molecule is COC(=O)c1ccc2nc(C(C)N3CCC(c4cccc(OCc5ccc(C#N)cc5F)n4)CC3)n(CC3CCO3)c2c1. The van der Waals surface area contributed by atoms with Gasteiger partial charge in [-0.05, 0) is 75.7 Å². The number of carbonyl (C=O) groups is 1. The first kappa shape index (κ1) is 28.8. The Morgan fingerprint density at radius 1 is 1.14 bits per heavy atom. The van der Waals surface area contributed by atoms with Crippen molar-refractivity contribution in [1.82, 2.24) is 19.4 Å². The molecule has 2 fully saturated rings. The maximum absolute atomic E-state index is 14.3. The number of fused-ring (bicyclic) bond motifs is 1. The lowest BCUT2D eigenvalue weighted by molar-refractivity contribution is -0.0594. The van der Waals surface area contributed by atoms with Crippen molar-refractivity contribution >= 4 is 17.0 Å². The molecule has 2 saturated heterocycles. The Labute approximate surface area is 249 Å². The summed E-state index contributed by atoms with van der Waals surface area (Å²) in [5.74, 6) is 0.873. The number of halogens is 1. The smallest absolute Gasteiger partial charge is 0.337 e. The van der Waals surface area contributed by atoms with E-state index in [0.717, 1.165) is 61.5 Å². The van der Waals surface area contributed by atoms with E-state index in [4.69, 9.17) is 29.4 Å². The Morgan fingerprint density at radius 2 is 1.95 bits per heavy atom. The van der Waals surface area contributed by atoms with Crippen LogP contribution >= 0.6 is 0 Å². The van der Waals surface area contributed by atoms with Crippen molar-refractivity contribution < 1.29 is 23.4 Å². The van der Waals surface area contributed by atoms with Crippen molar-refractivity contribution in [3.63, 3.8) is 0 Å². The summed E-state index contributed by atoms with van der Waals surface area (Å²) >= 11 is 0. The Balaban J connectivity index is 1.13. The third-order valence-electron chi connectivity index (χ3n) is 8.55. The molecule has 2 aromatic heterocycles. The predicted molar refractivity (Wildman–Crippen MR) is 157 cm³/mol. The number of aromatic nitrogens is 3. The van der Waals surface area contributed by atoms with Gasteiger partial charge in [-0.2, -0.15) is 5.26 Å². The molecule has 2 aliphatic rings. The van der Waals surface area contributed by atoms with Crippen LogP contribution in [0.15, 0.2) is 54.6 Å². The molecule has 43 heavy (non-hydrogen) atoms. The first-order valence-electron chi connectivity index (χ1n) is 14.7. The number of carbonyl (C=O) groups excluding carboxylic acids is 1. The molecule has 0 saturated carbocycles. The van der Waals surface area contributed by atoms with Gasteiger partial charge < -0.3 is 18.8 Å². The summed E-state index contributed by atoms with van der Waals surface area (Å²) in [5.41, 5.74) is 3.90. The number of imidazole rings is 1. The molecule has 9 nitrogen and oxygen atoms in total. The number of piperidine rings is 1. The molecule has 0 spiro atoms. The van der Waals surface area contributed by atoms with Crippen molar-refractivity contribution in [2.24, 2.45) is 0 Å². The second-order valence-electron chi connectivity index (χ2n) is 11.2. The standard InChI is InChI=1S/C33H34FN5O4/c1-21(32-37-29-9-8-24(33(40)41-2)17-30(29)39(32)19-26-12-15-42-26)38-13-10-23(11-14-38)28-4-3-5-31(36-28)43-20-25-7-6-22(18-35)16-27(25)34/h3-9,16-17,21,23,26H,10-15,19-20H2,1-2H3. The van der Waals surface area contributed by atoms with E-state index in [1.165, 1.54) is 13.2 Å². The van der Waals surface area contributed by atoms with Crippen LogP contribution in [0.3, 0.4) is 0 Å². The van der Waals surface area contributed by atoms with Gasteiger partial charge in [-0.25, -0.2) is 19.2 Å². The summed E-state index contributed by atoms with van der Waals surface area (Å²) in [7, 11) is 1.39. The fourth-order valence-corrected chi connectivity index (χ4v) is 5.90. The van der Waals surface area contributed by atoms with E-state index in [0.29, 0.717) is 23.6 Å². The second-order valence-corrected chi connectivity index (χ2v) is 11.2. The van der Waals surface area contributed by atoms with Crippen LogP contribution in [0, 0.1) is 17.1 Å². The van der Waals surface area contributed by atoms with Gasteiger partial charge in [-0.3, -0.25) is 4.90 Å². The van der Waals surface area contributed by atoms with Crippen LogP contribution in [0.4, 0.5) is 4.39 Å². The largest absolute Gasteiger partial charge is 0.473 e. The Bertz CT molecular complexity index is 1670. The number of rotatable bonds is 9. The van der Waals surface area contributed by atoms with Crippen LogP contribution in [0.1, 0.15) is 71.1 Å². The summed E-state index contributed by atoms with van der Waals surface area (Å²) in [4.78, 5) is 24.4. The maximum Gasteiger partial charge on any atom is 0.337 e. The molecule has 10 heteroatoms. The molecule has 2 aromatic carbocycles. The molecule has 2 atom stereocenters. The molecule has 4 aromatic rings. The van der Waals surface area contributed by atoms with Gasteiger partial charge in [-0.15, -0.1) is 0 Å². The number of pyridine rings is 1. The first-order chi connectivity index (χ1) is 20.9. The van der Waals surface area contributed by atoms with E-state index in [1.807, 2.05) is 30.3 Å².